The predicted octanol–water partition coefficient (Wildman–Crippen LogP) is 3.45. The molecule has 0 bridgehead atoms. The summed E-state index contributed by atoms with van der Waals surface area (Å²) in [5, 5.41) is 15.6. The van der Waals surface area contributed by atoms with Gasteiger partial charge in [-0.05, 0) is 62.7 Å². The Bertz CT molecular complexity index is 1170. The zero-order valence-electron chi connectivity index (χ0n) is 22.4. The van der Waals surface area contributed by atoms with Gasteiger partial charge in [-0.25, -0.2) is 0 Å². The topological polar surface area (TPSA) is 125 Å². The summed E-state index contributed by atoms with van der Waals surface area (Å²) < 4.78 is 16.1. The number of amides is 2. The van der Waals surface area contributed by atoms with Gasteiger partial charge in [0.2, 0.25) is 17.6 Å². The first-order valence-corrected chi connectivity index (χ1v) is 12.3. The first-order valence-electron chi connectivity index (χ1n) is 12.3. The predicted molar refractivity (Wildman–Crippen MR) is 137 cm³/mol. The number of methoxy groups -OCH3 is 2. The number of tetrazole rings is 1. The minimum absolute atomic E-state index is 0.148. The molecule has 0 saturated carbocycles. The van der Waals surface area contributed by atoms with E-state index in [1.165, 1.54) is 9.70 Å². The average molecular weight is 513 g/mol. The van der Waals surface area contributed by atoms with E-state index in [4.69, 9.17) is 13.9 Å². The number of aromatic nitrogens is 4. The number of nitrogens with one attached hydrogen (secondary N) is 1. The van der Waals surface area contributed by atoms with Gasteiger partial charge in [0.25, 0.3) is 0 Å². The van der Waals surface area contributed by atoms with E-state index in [1.807, 2.05) is 27.7 Å². The van der Waals surface area contributed by atoms with Crippen LogP contribution in [0.3, 0.4) is 0 Å². The van der Waals surface area contributed by atoms with Crippen LogP contribution in [0, 0.1) is 0 Å². The van der Waals surface area contributed by atoms with Crippen molar-refractivity contribution in [2.75, 3.05) is 14.2 Å². The lowest BCUT2D eigenvalue weighted by molar-refractivity contribution is -0.143. The van der Waals surface area contributed by atoms with Crippen LogP contribution in [0.4, 0.5) is 0 Å². The quantitative estimate of drug-likeness (QED) is 0.391. The summed E-state index contributed by atoms with van der Waals surface area (Å²) >= 11 is 0. The Morgan fingerprint density at radius 3 is 2.54 bits per heavy atom. The van der Waals surface area contributed by atoms with Crippen LogP contribution in [0.25, 0.3) is 11.4 Å². The van der Waals surface area contributed by atoms with E-state index in [0.29, 0.717) is 35.1 Å². The highest BCUT2D eigenvalue weighted by molar-refractivity contribution is 5.88. The number of hydrogen-bond acceptors (Lipinski definition) is 8. The van der Waals surface area contributed by atoms with Gasteiger partial charge < -0.3 is 24.1 Å². The van der Waals surface area contributed by atoms with Gasteiger partial charge in [-0.2, -0.15) is 4.80 Å². The lowest BCUT2D eigenvalue weighted by Crippen LogP contribution is -2.54. The summed E-state index contributed by atoms with van der Waals surface area (Å²) in [5.74, 6) is 1.49. The summed E-state index contributed by atoms with van der Waals surface area (Å²) in [4.78, 5) is 29.6. The van der Waals surface area contributed by atoms with E-state index in [9.17, 15) is 9.59 Å². The van der Waals surface area contributed by atoms with Gasteiger partial charge in [-0.1, -0.05) is 19.8 Å². The Hall–Kier alpha value is -3.89. The van der Waals surface area contributed by atoms with Crippen LogP contribution in [-0.4, -0.2) is 62.7 Å². The van der Waals surface area contributed by atoms with Crippen molar-refractivity contribution in [3.8, 4) is 22.9 Å². The molecule has 0 aliphatic carbocycles. The molecule has 2 aromatic heterocycles. The summed E-state index contributed by atoms with van der Waals surface area (Å²) in [7, 11) is 3.10. The van der Waals surface area contributed by atoms with Gasteiger partial charge in [0.1, 0.15) is 18.3 Å². The highest BCUT2D eigenvalue weighted by atomic mass is 16.5. The molecule has 0 saturated heterocycles. The van der Waals surface area contributed by atoms with Crippen molar-refractivity contribution in [1.29, 1.82) is 0 Å². The maximum Gasteiger partial charge on any atom is 0.247 e. The third-order valence-corrected chi connectivity index (χ3v) is 5.61. The number of carbonyl (C=O) groups excluding carboxylic acids is 2. The number of rotatable bonds is 12. The molecule has 2 amide bonds. The zero-order chi connectivity index (χ0) is 27.0. The Morgan fingerprint density at radius 2 is 1.92 bits per heavy atom. The maximum atomic E-state index is 13.6. The van der Waals surface area contributed by atoms with Gasteiger partial charge in [-0.3, -0.25) is 9.59 Å². The van der Waals surface area contributed by atoms with E-state index >= 15 is 0 Å². The molecule has 0 unspecified atom stereocenters. The van der Waals surface area contributed by atoms with Crippen molar-refractivity contribution in [1.82, 2.24) is 30.4 Å². The number of unbranched alkanes of at least 4 members (excludes halogenated alkanes) is 1. The first kappa shape index (κ1) is 27.7. The highest BCUT2D eigenvalue weighted by Crippen LogP contribution is 2.30. The van der Waals surface area contributed by atoms with E-state index in [-0.39, 0.29) is 24.9 Å². The van der Waals surface area contributed by atoms with Crippen molar-refractivity contribution in [3.63, 3.8) is 0 Å². The normalized spacial score (nSPS) is 12.2. The standard InChI is InChI=1S/C26H36N6O5/c1-7-8-11-20(25(34)27-26(2,3)4)31(16-19-10-9-14-37-19)23(33)17-32-29-24(28-30-32)18-12-13-21(35-5)22(15-18)36-6/h9-10,12-15,20H,7-8,11,16-17H2,1-6H3,(H,27,34)/t20-/m0/s1. The van der Waals surface area contributed by atoms with Gasteiger partial charge in [0, 0.05) is 11.1 Å². The number of carbonyl (C=O) groups is 2. The summed E-state index contributed by atoms with van der Waals surface area (Å²) in [6.45, 7) is 7.74. The second-order valence-corrected chi connectivity index (χ2v) is 9.71. The van der Waals surface area contributed by atoms with E-state index in [1.54, 1.807) is 50.8 Å². The minimum atomic E-state index is -0.675. The molecule has 1 aromatic carbocycles. The first-order chi connectivity index (χ1) is 17.6. The molecule has 1 atom stereocenters. The largest absolute Gasteiger partial charge is 0.493 e. The molecule has 0 fully saturated rings. The molecule has 0 spiro atoms. The van der Waals surface area contributed by atoms with E-state index in [0.717, 1.165) is 12.8 Å². The third kappa shape index (κ3) is 7.55. The van der Waals surface area contributed by atoms with Crippen LogP contribution in [0.1, 0.15) is 52.7 Å². The van der Waals surface area contributed by atoms with Gasteiger partial charge in [-0.15, -0.1) is 10.2 Å². The van der Waals surface area contributed by atoms with Crippen LogP contribution in [0.2, 0.25) is 0 Å². The Kier molecular flexibility index (Phi) is 9.26. The Morgan fingerprint density at radius 1 is 1.16 bits per heavy atom. The van der Waals surface area contributed by atoms with Crippen molar-refractivity contribution in [2.24, 2.45) is 0 Å². The number of furan rings is 1. The van der Waals surface area contributed by atoms with Gasteiger partial charge in [0.15, 0.2) is 11.5 Å². The molecule has 200 valence electrons. The fraction of sp³-hybridized carbons (Fsp3) is 0.500. The molecule has 37 heavy (non-hydrogen) atoms. The molecular formula is C26H36N6O5. The van der Waals surface area contributed by atoms with Crippen LogP contribution in [0.5, 0.6) is 11.5 Å². The molecule has 11 nitrogen and oxygen atoms in total. The number of hydrogen-bond donors (Lipinski definition) is 1. The van der Waals surface area contributed by atoms with Crippen LogP contribution in [-0.2, 0) is 22.7 Å². The molecule has 11 heteroatoms. The fourth-order valence-electron chi connectivity index (χ4n) is 3.83. The molecule has 0 aliphatic heterocycles. The van der Waals surface area contributed by atoms with Crippen molar-refractivity contribution < 1.29 is 23.5 Å². The third-order valence-electron chi connectivity index (χ3n) is 5.61. The molecule has 0 aliphatic rings. The Balaban J connectivity index is 1.85. The lowest BCUT2D eigenvalue weighted by atomic mass is 10.0. The number of benzene rings is 1. The number of ether oxygens (including phenoxy) is 2. The smallest absolute Gasteiger partial charge is 0.247 e. The van der Waals surface area contributed by atoms with Crippen LogP contribution in [0.15, 0.2) is 41.0 Å². The van der Waals surface area contributed by atoms with Crippen molar-refractivity contribution >= 4 is 11.8 Å². The molecule has 2 heterocycles. The molecular weight excluding hydrogens is 476 g/mol. The minimum Gasteiger partial charge on any atom is -0.493 e. The SMILES string of the molecule is CCCC[C@@H](C(=O)NC(C)(C)C)N(Cc1ccco1)C(=O)Cn1nnc(-c2ccc(OC)c(OC)c2)n1. The Labute approximate surface area is 217 Å². The molecule has 3 rings (SSSR count). The summed E-state index contributed by atoms with van der Waals surface area (Å²) in [6.07, 6.45) is 3.74. The van der Waals surface area contributed by atoms with Gasteiger partial charge in [0.05, 0.1) is 27.0 Å². The molecule has 1 N–H and O–H groups in total. The summed E-state index contributed by atoms with van der Waals surface area (Å²) in [5.41, 5.74) is 0.220. The fourth-order valence-corrected chi connectivity index (χ4v) is 3.83. The van der Waals surface area contributed by atoms with E-state index in [2.05, 4.69) is 20.7 Å². The van der Waals surface area contributed by atoms with Crippen LogP contribution < -0.4 is 14.8 Å². The monoisotopic (exact) mass is 512 g/mol. The maximum absolute atomic E-state index is 13.6. The second kappa shape index (κ2) is 12.4. The van der Waals surface area contributed by atoms with E-state index < -0.39 is 11.6 Å². The number of nitrogens with zero attached hydrogens (tertiary/aromatic N) is 5. The summed E-state index contributed by atoms with van der Waals surface area (Å²) in [6, 6.07) is 8.13. The second-order valence-electron chi connectivity index (χ2n) is 9.71. The molecule has 3 aromatic rings. The average Bonchev–Trinajstić information content (AvgIpc) is 3.54. The molecule has 0 radical (unpaired) electrons. The van der Waals surface area contributed by atoms with Crippen molar-refractivity contribution in [2.45, 2.75) is 71.6 Å². The highest BCUT2D eigenvalue weighted by Gasteiger charge is 2.32. The zero-order valence-corrected chi connectivity index (χ0v) is 22.4. The van der Waals surface area contributed by atoms with Crippen LogP contribution >= 0.6 is 0 Å². The van der Waals surface area contributed by atoms with Crippen molar-refractivity contribution in [3.05, 3.63) is 42.4 Å². The van der Waals surface area contributed by atoms with Gasteiger partial charge >= 0.3 is 0 Å². The lowest BCUT2D eigenvalue weighted by Gasteiger charge is -2.33.